The molecule has 4 aliphatic carbocycles. The summed E-state index contributed by atoms with van der Waals surface area (Å²) in [4.78, 5) is 0. The van der Waals surface area contributed by atoms with Crippen molar-refractivity contribution in [3.8, 4) is 0 Å². The minimum atomic E-state index is -1.66. The summed E-state index contributed by atoms with van der Waals surface area (Å²) in [7, 11) is 0. The van der Waals surface area contributed by atoms with Crippen molar-refractivity contribution in [1.82, 2.24) is 0 Å². The molecule has 4 aliphatic rings. The van der Waals surface area contributed by atoms with Gasteiger partial charge in [0.15, 0.2) is 0 Å². The van der Waals surface area contributed by atoms with Gasteiger partial charge in [0.05, 0.1) is 0 Å². The van der Waals surface area contributed by atoms with Crippen LogP contribution in [-0.4, -0.2) is 3.21 Å². The zero-order valence-corrected chi connectivity index (χ0v) is 16.4. The Balaban J connectivity index is 1.76. The predicted molar refractivity (Wildman–Crippen MR) is 92.7 cm³/mol. The molecule has 2 saturated carbocycles. The van der Waals surface area contributed by atoms with E-state index in [1.807, 2.05) is 6.49 Å². The molecule has 22 heavy (non-hydrogen) atoms. The molecule has 0 heterocycles. The Morgan fingerprint density at radius 3 is 2.36 bits per heavy atom. The van der Waals surface area contributed by atoms with Crippen molar-refractivity contribution in [1.29, 1.82) is 0 Å². The van der Waals surface area contributed by atoms with Crippen LogP contribution in [0.25, 0.3) is 0 Å². The Morgan fingerprint density at radius 2 is 1.68 bits per heavy atom. The van der Waals surface area contributed by atoms with E-state index in [9.17, 15) is 0 Å². The van der Waals surface area contributed by atoms with Crippen molar-refractivity contribution in [2.24, 2.45) is 23.7 Å². The Bertz CT molecular complexity index is 597. The van der Waals surface area contributed by atoms with E-state index in [4.69, 9.17) is 0 Å². The molecule has 0 spiro atoms. The molecule has 4 rings (SSSR count). The van der Waals surface area contributed by atoms with Gasteiger partial charge in [-0.25, -0.2) is 0 Å². The van der Waals surface area contributed by atoms with Crippen molar-refractivity contribution < 1.29 is 21.3 Å². The molecule has 0 amide bonds. The molecule has 0 aromatic heterocycles. The number of hydrogen-bond acceptors (Lipinski definition) is 0. The van der Waals surface area contributed by atoms with Gasteiger partial charge < -0.3 is 0 Å². The first-order valence-electron chi connectivity index (χ1n) is 9.16. The Morgan fingerprint density at radius 1 is 0.955 bits per heavy atom. The number of rotatable bonds is 2. The van der Waals surface area contributed by atoms with Gasteiger partial charge in [-0.3, -0.25) is 0 Å². The molecule has 0 aromatic rings. The summed E-state index contributed by atoms with van der Waals surface area (Å²) in [6.07, 6.45) is 24.3. The molecule has 0 radical (unpaired) electrons. The first-order chi connectivity index (χ1) is 10.8. The molecule has 5 unspecified atom stereocenters. The van der Waals surface area contributed by atoms with Crippen LogP contribution in [-0.2, 0) is 21.3 Å². The molecular weight excluding hydrogens is 343 g/mol. The van der Waals surface area contributed by atoms with E-state index < -0.39 is 21.3 Å². The second-order valence-corrected chi connectivity index (χ2v) is 15.5. The van der Waals surface area contributed by atoms with Crippen LogP contribution in [0.4, 0.5) is 0 Å². The van der Waals surface area contributed by atoms with Gasteiger partial charge in [0, 0.05) is 0 Å². The number of fused-ring (bicyclic) bond motifs is 3. The van der Waals surface area contributed by atoms with Crippen molar-refractivity contribution in [3.63, 3.8) is 0 Å². The molecule has 2 fully saturated rings. The van der Waals surface area contributed by atoms with Gasteiger partial charge in [-0.2, -0.15) is 0 Å². The molecule has 0 saturated heterocycles. The molecule has 0 aliphatic heterocycles. The molecule has 0 nitrogen and oxygen atoms in total. The van der Waals surface area contributed by atoms with Crippen LogP contribution in [0.2, 0.25) is 3.63 Å². The van der Waals surface area contributed by atoms with Gasteiger partial charge in [0.1, 0.15) is 0 Å². The fourth-order valence-electron chi connectivity index (χ4n) is 5.75. The monoisotopic (exact) mass is 370 g/mol. The van der Waals surface area contributed by atoms with Crippen LogP contribution >= 0.6 is 0 Å². The summed E-state index contributed by atoms with van der Waals surface area (Å²) in [5, 5.41) is 0. The zero-order valence-electron chi connectivity index (χ0n) is 14.0. The van der Waals surface area contributed by atoms with E-state index in [0.717, 1.165) is 27.3 Å². The van der Waals surface area contributed by atoms with Gasteiger partial charge in [-0.05, 0) is 0 Å². The first-order valence-corrected chi connectivity index (χ1v) is 13.0. The summed E-state index contributed by atoms with van der Waals surface area (Å²) in [6, 6.07) is 0. The zero-order chi connectivity index (χ0) is 15.1. The van der Waals surface area contributed by atoms with Crippen LogP contribution < -0.4 is 0 Å². The van der Waals surface area contributed by atoms with Gasteiger partial charge in [0.2, 0.25) is 0 Å². The van der Waals surface area contributed by atoms with Gasteiger partial charge >= 0.3 is 144 Å². The molecule has 0 N–H and O–H groups in total. The number of allylic oxidation sites excluding steroid dienone is 8. The minimum absolute atomic E-state index is 0.865. The van der Waals surface area contributed by atoms with Gasteiger partial charge in [-0.1, -0.05) is 0 Å². The standard InChI is InChI=1S/C13H17.C5H5.C3H6.Zr/c1-3-7-12-10(5-1)9-11-6-2-4-8-13(11)12;1-2-4-5-3-1;1-3-2;/h1,3,5,7,9-13H,2,4,6,8H2;1-3H,4H2;1-2H3;. The fraction of sp³-hybridized carbons (Fsp3) is 0.571. The van der Waals surface area contributed by atoms with E-state index in [0.29, 0.717) is 0 Å². The topological polar surface area (TPSA) is 0 Å². The third-order valence-electron chi connectivity index (χ3n) is 6.46. The van der Waals surface area contributed by atoms with Crippen LogP contribution in [0.5, 0.6) is 0 Å². The Labute approximate surface area is 143 Å². The fourth-order valence-corrected chi connectivity index (χ4v) is 15.4. The predicted octanol–water partition coefficient (Wildman–Crippen LogP) is 5.63. The van der Waals surface area contributed by atoms with Gasteiger partial charge in [-0.15, -0.1) is 0 Å². The molecule has 0 bridgehead atoms. The summed E-state index contributed by atoms with van der Waals surface area (Å²) >= 11 is -1.66. The normalized spacial score (nSPS) is 38.6. The van der Waals surface area contributed by atoms with Crippen molar-refractivity contribution in [3.05, 3.63) is 45.8 Å². The molecule has 116 valence electrons. The summed E-state index contributed by atoms with van der Waals surface area (Å²) < 4.78 is 4.74. The van der Waals surface area contributed by atoms with Crippen molar-refractivity contribution in [2.45, 2.75) is 49.6 Å². The average molecular weight is 372 g/mol. The summed E-state index contributed by atoms with van der Waals surface area (Å²) in [5.74, 6) is 3.76. The van der Waals surface area contributed by atoms with Crippen molar-refractivity contribution >= 4 is 3.21 Å². The molecule has 0 aromatic carbocycles. The third-order valence-corrected chi connectivity index (χ3v) is 15.4. The number of hydrogen-bond donors (Lipinski definition) is 0. The SMILES string of the molecule is C[C](C)=[Zr]([C]1=CC=CC1)[CH]1C2C=CC=CC2C2CCCCC21. The Hall–Kier alpha value is -0.287. The molecule has 1 heteroatoms. The van der Waals surface area contributed by atoms with E-state index in [1.165, 1.54) is 32.1 Å². The molecular formula is C21H28Zr. The molecule has 5 atom stereocenters. The third kappa shape index (κ3) is 2.48. The maximum absolute atomic E-state index is 2.60. The van der Waals surface area contributed by atoms with E-state index >= 15 is 0 Å². The van der Waals surface area contributed by atoms with E-state index in [2.05, 4.69) is 56.4 Å². The van der Waals surface area contributed by atoms with Crippen LogP contribution in [0.15, 0.2) is 45.8 Å². The maximum atomic E-state index is 2.60. The van der Waals surface area contributed by atoms with E-state index in [1.54, 1.807) is 0 Å². The van der Waals surface area contributed by atoms with Gasteiger partial charge in [0.25, 0.3) is 0 Å². The van der Waals surface area contributed by atoms with Crippen LogP contribution in [0.1, 0.15) is 46.0 Å². The summed E-state index contributed by atoms with van der Waals surface area (Å²) in [6.45, 7) is 4.92. The second-order valence-electron chi connectivity index (χ2n) is 7.80. The Kier molecular flexibility index (Phi) is 4.38. The van der Waals surface area contributed by atoms with E-state index in [-0.39, 0.29) is 0 Å². The van der Waals surface area contributed by atoms with Crippen molar-refractivity contribution in [2.75, 3.05) is 0 Å². The second kappa shape index (κ2) is 6.31. The van der Waals surface area contributed by atoms with Crippen LogP contribution in [0, 0.1) is 23.7 Å². The average Bonchev–Trinajstić information content (AvgIpc) is 3.16. The quantitative estimate of drug-likeness (QED) is 0.590. The summed E-state index contributed by atoms with van der Waals surface area (Å²) in [5.41, 5.74) is 0. The first kappa shape index (κ1) is 15.3. The van der Waals surface area contributed by atoms with Crippen LogP contribution in [0.3, 0.4) is 0 Å².